The van der Waals surface area contributed by atoms with E-state index in [-0.39, 0.29) is 5.75 Å². The fourth-order valence-corrected chi connectivity index (χ4v) is 5.63. The normalized spacial score (nSPS) is 17.0. The Morgan fingerprint density at radius 3 is 2.67 bits per heavy atom. The van der Waals surface area contributed by atoms with E-state index >= 15 is 0 Å². The van der Waals surface area contributed by atoms with E-state index in [2.05, 4.69) is 34.7 Å². The summed E-state index contributed by atoms with van der Waals surface area (Å²) in [4.78, 5) is 6.99. The van der Waals surface area contributed by atoms with Gasteiger partial charge in [-0.3, -0.25) is 0 Å². The van der Waals surface area contributed by atoms with Crippen LogP contribution >= 0.6 is 23.1 Å². The number of hydrogen-bond acceptors (Lipinski definition) is 5. The molecule has 1 aliphatic heterocycles. The molecule has 0 saturated carbocycles. The number of thioether (sulfide) groups is 1. The van der Waals surface area contributed by atoms with Crippen LogP contribution in [0.4, 0.5) is 0 Å². The molecule has 0 spiro atoms. The summed E-state index contributed by atoms with van der Waals surface area (Å²) in [5, 5.41) is 6.28. The molecular formula is C15H26N4O2S3. The quantitative estimate of drug-likeness (QED) is 0.545. The van der Waals surface area contributed by atoms with Gasteiger partial charge in [0.1, 0.15) is 0 Å². The number of hydrogen-bond donors (Lipinski definition) is 2. The first-order valence-corrected chi connectivity index (χ1v) is 11.7. The molecule has 0 atom stereocenters. The van der Waals surface area contributed by atoms with Gasteiger partial charge in [-0.2, -0.15) is 11.8 Å². The lowest BCUT2D eigenvalue weighted by Crippen LogP contribution is -2.44. The lowest BCUT2D eigenvalue weighted by molar-refractivity contribution is 0.443. The molecule has 1 aliphatic rings. The summed E-state index contributed by atoms with van der Waals surface area (Å²) in [5.41, 5.74) is 0. The maximum atomic E-state index is 12.3. The van der Waals surface area contributed by atoms with Crippen LogP contribution in [0, 0.1) is 6.92 Å². The fraction of sp³-hybridized carbons (Fsp3) is 0.667. The van der Waals surface area contributed by atoms with E-state index in [1.807, 2.05) is 6.92 Å². The molecule has 2 N–H and O–H groups in total. The van der Waals surface area contributed by atoms with Crippen molar-refractivity contribution in [1.29, 1.82) is 0 Å². The molecule has 1 fully saturated rings. The summed E-state index contributed by atoms with van der Waals surface area (Å²) >= 11 is 3.53. The SMILES string of the molecule is CCNC(=NCc1ccc(C)s1)NCCS(=O)(=O)N1CCSCC1. The fourth-order valence-electron chi connectivity index (χ4n) is 2.32. The molecule has 6 nitrogen and oxygen atoms in total. The number of aliphatic imine (C=N–C) groups is 1. The van der Waals surface area contributed by atoms with Crippen molar-refractivity contribution in [3.8, 4) is 0 Å². The smallest absolute Gasteiger partial charge is 0.215 e. The van der Waals surface area contributed by atoms with Gasteiger partial charge in [-0.05, 0) is 26.0 Å². The highest BCUT2D eigenvalue weighted by Gasteiger charge is 2.23. The van der Waals surface area contributed by atoms with Gasteiger partial charge < -0.3 is 10.6 Å². The minimum atomic E-state index is -3.18. The Hall–Kier alpha value is -0.770. The Bertz CT molecular complexity index is 637. The van der Waals surface area contributed by atoms with Crippen LogP contribution < -0.4 is 10.6 Å². The van der Waals surface area contributed by atoms with Crippen molar-refractivity contribution in [3.05, 3.63) is 21.9 Å². The van der Waals surface area contributed by atoms with Crippen molar-refractivity contribution in [2.75, 3.05) is 43.4 Å². The Balaban J connectivity index is 1.84. The molecule has 136 valence electrons. The molecule has 0 aromatic carbocycles. The van der Waals surface area contributed by atoms with Crippen LogP contribution in [-0.2, 0) is 16.6 Å². The highest BCUT2D eigenvalue weighted by Crippen LogP contribution is 2.15. The van der Waals surface area contributed by atoms with E-state index in [1.165, 1.54) is 9.75 Å². The predicted molar refractivity (Wildman–Crippen MR) is 105 cm³/mol. The third-order valence-corrected chi connectivity index (χ3v) is 7.35. The molecule has 0 unspecified atom stereocenters. The maximum absolute atomic E-state index is 12.3. The van der Waals surface area contributed by atoms with Crippen LogP contribution in [0.3, 0.4) is 0 Å². The van der Waals surface area contributed by atoms with Crippen molar-refractivity contribution in [2.24, 2.45) is 4.99 Å². The van der Waals surface area contributed by atoms with Gasteiger partial charge in [0.15, 0.2) is 5.96 Å². The van der Waals surface area contributed by atoms with Gasteiger partial charge in [-0.25, -0.2) is 17.7 Å². The minimum Gasteiger partial charge on any atom is -0.357 e. The van der Waals surface area contributed by atoms with E-state index in [1.54, 1.807) is 27.4 Å². The van der Waals surface area contributed by atoms with Crippen LogP contribution in [0.1, 0.15) is 16.7 Å². The summed E-state index contributed by atoms with van der Waals surface area (Å²) in [6, 6.07) is 4.16. The third-order valence-electron chi connectivity index (χ3n) is 3.55. The van der Waals surface area contributed by atoms with E-state index in [0.717, 1.165) is 18.1 Å². The highest BCUT2D eigenvalue weighted by atomic mass is 32.2. The largest absolute Gasteiger partial charge is 0.357 e. The number of nitrogens with one attached hydrogen (secondary N) is 2. The molecule has 0 aliphatic carbocycles. The van der Waals surface area contributed by atoms with Crippen molar-refractivity contribution >= 4 is 39.1 Å². The van der Waals surface area contributed by atoms with Crippen LogP contribution in [0.15, 0.2) is 17.1 Å². The van der Waals surface area contributed by atoms with Crippen LogP contribution in [0.2, 0.25) is 0 Å². The van der Waals surface area contributed by atoms with E-state index in [4.69, 9.17) is 0 Å². The lowest BCUT2D eigenvalue weighted by atomic mass is 10.4. The summed E-state index contributed by atoms with van der Waals surface area (Å²) in [6.07, 6.45) is 0. The molecule has 2 heterocycles. The highest BCUT2D eigenvalue weighted by molar-refractivity contribution is 7.99. The summed E-state index contributed by atoms with van der Waals surface area (Å²) < 4.78 is 26.3. The first-order valence-electron chi connectivity index (χ1n) is 8.14. The lowest BCUT2D eigenvalue weighted by Gasteiger charge is -2.25. The van der Waals surface area contributed by atoms with Gasteiger partial charge in [0.2, 0.25) is 10.0 Å². The second-order valence-electron chi connectivity index (χ2n) is 5.46. The predicted octanol–water partition coefficient (Wildman–Crippen LogP) is 1.49. The minimum absolute atomic E-state index is 0.0974. The Labute approximate surface area is 153 Å². The standard InChI is InChI=1S/C15H26N4O2S3/c1-3-16-15(18-12-14-5-4-13(2)23-14)17-6-11-24(20,21)19-7-9-22-10-8-19/h4-5H,3,6-12H2,1-2H3,(H2,16,17,18). The van der Waals surface area contributed by atoms with Crippen LogP contribution in [-0.4, -0.2) is 62.1 Å². The molecule has 1 aromatic heterocycles. The van der Waals surface area contributed by atoms with Gasteiger partial charge in [0, 0.05) is 47.4 Å². The maximum Gasteiger partial charge on any atom is 0.215 e. The second-order valence-corrected chi connectivity index (χ2v) is 10.1. The van der Waals surface area contributed by atoms with Crippen LogP contribution in [0.5, 0.6) is 0 Å². The van der Waals surface area contributed by atoms with Crippen molar-refractivity contribution < 1.29 is 8.42 Å². The average Bonchev–Trinajstić information content (AvgIpc) is 2.99. The van der Waals surface area contributed by atoms with Crippen LogP contribution in [0.25, 0.3) is 0 Å². The zero-order valence-electron chi connectivity index (χ0n) is 14.2. The van der Waals surface area contributed by atoms with Gasteiger partial charge in [0.05, 0.1) is 12.3 Å². The van der Waals surface area contributed by atoms with E-state index in [9.17, 15) is 8.42 Å². The number of sulfonamides is 1. The molecule has 0 bridgehead atoms. The van der Waals surface area contributed by atoms with E-state index < -0.39 is 10.0 Å². The molecule has 1 aromatic rings. The Morgan fingerprint density at radius 1 is 1.29 bits per heavy atom. The van der Waals surface area contributed by atoms with Gasteiger partial charge in [-0.15, -0.1) is 11.3 Å². The summed E-state index contributed by atoms with van der Waals surface area (Å²) in [7, 11) is -3.18. The Kier molecular flexibility index (Phi) is 7.86. The number of nitrogens with zero attached hydrogens (tertiary/aromatic N) is 2. The summed E-state index contributed by atoms with van der Waals surface area (Å²) in [5.74, 6) is 2.53. The second kappa shape index (κ2) is 9.65. The molecule has 1 saturated heterocycles. The van der Waals surface area contributed by atoms with Gasteiger partial charge in [0.25, 0.3) is 0 Å². The molecule has 24 heavy (non-hydrogen) atoms. The topological polar surface area (TPSA) is 73.8 Å². The van der Waals surface area contributed by atoms with Gasteiger partial charge in [-0.1, -0.05) is 0 Å². The van der Waals surface area contributed by atoms with Crippen molar-refractivity contribution in [2.45, 2.75) is 20.4 Å². The first kappa shape index (κ1) is 19.6. The number of aryl methyl sites for hydroxylation is 1. The summed E-state index contributed by atoms with van der Waals surface area (Å²) in [6.45, 7) is 7.02. The number of rotatable bonds is 7. The number of guanidine groups is 1. The van der Waals surface area contributed by atoms with E-state index in [0.29, 0.717) is 32.1 Å². The first-order chi connectivity index (χ1) is 11.5. The molecule has 2 rings (SSSR count). The molecule has 0 amide bonds. The van der Waals surface area contributed by atoms with Gasteiger partial charge >= 0.3 is 0 Å². The molecule has 9 heteroatoms. The Morgan fingerprint density at radius 2 is 2.04 bits per heavy atom. The monoisotopic (exact) mass is 390 g/mol. The number of thiophene rings is 1. The third kappa shape index (κ3) is 6.27. The zero-order chi connectivity index (χ0) is 17.4. The average molecular weight is 391 g/mol. The molecular weight excluding hydrogens is 364 g/mol. The van der Waals surface area contributed by atoms with Crippen molar-refractivity contribution in [3.63, 3.8) is 0 Å². The zero-order valence-corrected chi connectivity index (χ0v) is 16.7. The molecule has 0 radical (unpaired) electrons. The van der Waals surface area contributed by atoms with Crippen molar-refractivity contribution in [1.82, 2.24) is 14.9 Å².